The number of imidazole rings is 2. The van der Waals surface area contributed by atoms with Crippen LogP contribution >= 0.6 is 0 Å². The molecule has 3 aliphatic heterocycles. The standard InChI is InChI=1S/C43H51N7O7/c1-23(2)35(48-40(52)56-7)38(51)49-14-8-9-33(49)37-44-19-32(45-37)26-10-12-28-27(15-26)22-57-34-17-29-25(16-30(28)34)11-13-31-36(29)47-39(46-31)43(42(3,4)5)18-24(21-55-6)20-50(43)41(53)54/h10-13,15-17,19,23-24,33,35H,8-9,14,18,20-22H2,1-7H3,(H,44,45)(H,46,47)(H,48,52)(H,53,54)/t24-,33+,35+,43-/m1/s1. The number of aromatic nitrogens is 4. The van der Waals surface area contributed by atoms with Gasteiger partial charge in [-0.1, -0.05) is 52.8 Å². The van der Waals surface area contributed by atoms with E-state index in [0.717, 1.165) is 68.3 Å². The van der Waals surface area contributed by atoms with E-state index in [0.29, 0.717) is 44.4 Å². The number of fused-ring (bicyclic) bond motifs is 6. The van der Waals surface area contributed by atoms with Gasteiger partial charge >= 0.3 is 12.2 Å². The van der Waals surface area contributed by atoms with E-state index in [4.69, 9.17) is 24.2 Å². The third kappa shape index (κ3) is 6.43. The minimum Gasteiger partial charge on any atom is -0.488 e. The zero-order valence-corrected chi connectivity index (χ0v) is 33.6. The number of nitrogens with one attached hydrogen (secondary N) is 3. The highest BCUT2D eigenvalue weighted by Gasteiger charge is 2.58. The van der Waals surface area contributed by atoms with Gasteiger partial charge in [-0.2, -0.15) is 0 Å². The Bertz CT molecular complexity index is 2380. The number of amides is 3. The van der Waals surface area contributed by atoms with Gasteiger partial charge in [0, 0.05) is 37.1 Å². The summed E-state index contributed by atoms with van der Waals surface area (Å²) in [6.07, 6.45) is 2.41. The summed E-state index contributed by atoms with van der Waals surface area (Å²) in [4.78, 5) is 58.7. The van der Waals surface area contributed by atoms with Crippen molar-refractivity contribution in [2.24, 2.45) is 17.3 Å². The van der Waals surface area contributed by atoms with Crippen LogP contribution in [0.25, 0.3) is 44.2 Å². The molecule has 3 aromatic carbocycles. The largest absolute Gasteiger partial charge is 0.488 e. The molecule has 300 valence electrons. The zero-order chi connectivity index (χ0) is 40.4. The number of rotatable bonds is 8. The Morgan fingerprint density at radius 1 is 1.09 bits per heavy atom. The van der Waals surface area contributed by atoms with E-state index in [-0.39, 0.29) is 23.8 Å². The van der Waals surface area contributed by atoms with Gasteiger partial charge in [0.15, 0.2) is 0 Å². The number of carboxylic acid groups (broad SMARTS) is 1. The highest BCUT2D eigenvalue weighted by Crippen LogP contribution is 2.53. The van der Waals surface area contributed by atoms with Crippen LogP contribution in [-0.2, 0) is 26.4 Å². The van der Waals surface area contributed by atoms with Crippen molar-refractivity contribution in [3.8, 4) is 28.1 Å². The third-order valence-electron chi connectivity index (χ3n) is 12.2. The molecule has 5 heterocycles. The van der Waals surface area contributed by atoms with Crippen molar-refractivity contribution in [2.75, 3.05) is 33.9 Å². The van der Waals surface area contributed by atoms with Gasteiger partial charge in [-0.05, 0) is 76.9 Å². The number of carbonyl (C=O) groups is 3. The second-order valence-corrected chi connectivity index (χ2v) is 17.0. The molecule has 3 amide bonds. The Kier molecular flexibility index (Phi) is 9.66. The number of aromatic amines is 2. The van der Waals surface area contributed by atoms with Crippen LogP contribution in [0.15, 0.2) is 48.7 Å². The summed E-state index contributed by atoms with van der Waals surface area (Å²) in [5.41, 5.74) is 5.17. The average molecular weight is 778 g/mol. The molecule has 57 heavy (non-hydrogen) atoms. The number of nitrogens with zero attached hydrogens (tertiary/aromatic N) is 4. The maximum atomic E-state index is 13.6. The summed E-state index contributed by atoms with van der Waals surface area (Å²) in [7, 11) is 2.94. The number of hydrogen-bond acceptors (Lipinski definition) is 8. The van der Waals surface area contributed by atoms with Crippen LogP contribution in [0.3, 0.4) is 0 Å². The van der Waals surface area contributed by atoms with Gasteiger partial charge in [0.1, 0.15) is 35.6 Å². The molecular weight excluding hydrogens is 727 g/mol. The molecule has 4 N–H and O–H groups in total. The molecular formula is C43H51N7O7. The normalized spacial score (nSPS) is 21.1. The van der Waals surface area contributed by atoms with Crippen LogP contribution in [0.1, 0.15) is 77.1 Å². The second-order valence-electron chi connectivity index (χ2n) is 17.0. The van der Waals surface area contributed by atoms with Crippen molar-refractivity contribution in [3.05, 3.63) is 65.9 Å². The topological polar surface area (TPSA) is 175 Å². The van der Waals surface area contributed by atoms with Gasteiger partial charge in [0.2, 0.25) is 5.91 Å². The molecule has 0 unspecified atom stereocenters. The lowest BCUT2D eigenvalue weighted by molar-refractivity contribution is -0.135. The number of ether oxygens (including phenoxy) is 3. The van der Waals surface area contributed by atoms with Gasteiger partial charge in [-0.25, -0.2) is 19.6 Å². The van der Waals surface area contributed by atoms with E-state index in [1.807, 2.05) is 31.0 Å². The van der Waals surface area contributed by atoms with Crippen molar-refractivity contribution in [2.45, 2.75) is 78.1 Å². The molecule has 8 rings (SSSR count). The first kappa shape index (κ1) is 38.3. The number of benzene rings is 3. The Labute approximate surface area is 331 Å². The summed E-state index contributed by atoms with van der Waals surface area (Å²) in [6.45, 7) is 11.8. The minimum absolute atomic E-state index is 0.0424. The predicted molar refractivity (Wildman–Crippen MR) is 215 cm³/mol. The Morgan fingerprint density at radius 3 is 2.61 bits per heavy atom. The number of likely N-dealkylation sites (tertiary alicyclic amines) is 2. The number of methoxy groups -OCH3 is 2. The molecule has 0 saturated carbocycles. The van der Waals surface area contributed by atoms with Crippen LogP contribution in [0.5, 0.6) is 5.75 Å². The van der Waals surface area contributed by atoms with Crippen molar-refractivity contribution in [1.82, 2.24) is 35.1 Å². The molecule has 14 heteroatoms. The van der Waals surface area contributed by atoms with Crippen molar-refractivity contribution >= 4 is 39.9 Å². The summed E-state index contributed by atoms with van der Waals surface area (Å²) in [6, 6.07) is 13.7. The van der Waals surface area contributed by atoms with Gasteiger partial charge < -0.3 is 39.5 Å². The molecule has 2 aromatic heterocycles. The lowest BCUT2D eigenvalue weighted by Crippen LogP contribution is -2.53. The number of alkyl carbamates (subject to hydrolysis) is 1. The summed E-state index contributed by atoms with van der Waals surface area (Å²) in [5, 5.41) is 15.1. The van der Waals surface area contributed by atoms with E-state index >= 15 is 0 Å². The number of H-pyrrole nitrogens is 2. The minimum atomic E-state index is -0.968. The molecule has 0 aliphatic carbocycles. The van der Waals surface area contributed by atoms with E-state index in [2.05, 4.69) is 72.5 Å². The summed E-state index contributed by atoms with van der Waals surface area (Å²) in [5.74, 6) is 1.89. The fourth-order valence-electron chi connectivity index (χ4n) is 9.38. The summed E-state index contributed by atoms with van der Waals surface area (Å²) >= 11 is 0. The maximum Gasteiger partial charge on any atom is 0.408 e. The molecule has 2 fully saturated rings. The second kappa shape index (κ2) is 14.4. The predicted octanol–water partition coefficient (Wildman–Crippen LogP) is 7.60. The van der Waals surface area contributed by atoms with Crippen LogP contribution in [0.4, 0.5) is 9.59 Å². The van der Waals surface area contributed by atoms with Gasteiger partial charge in [-0.3, -0.25) is 9.69 Å². The fourth-order valence-corrected chi connectivity index (χ4v) is 9.38. The van der Waals surface area contributed by atoms with Crippen molar-refractivity contribution in [1.29, 1.82) is 0 Å². The van der Waals surface area contributed by atoms with Crippen LogP contribution in [0.2, 0.25) is 0 Å². The highest BCUT2D eigenvalue weighted by atomic mass is 16.5. The Balaban J connectivity index is 1.09. The van der Waals surface area contributed by atoms with Crippen molar-refractivity contribution in [3.63, 3.8) is 0 Å². The molecule has 0 bridgehead atoms. The summed E-state index contributed by atoms with van der Waals surface area (Å²) < 4.78 is 16.7. The maximum absolute atomic E-state index is 13.6. The molecule has 3 aliphatic rings. The first-order valence-electron chi connectivity index (χ1n) is 19.7. The molecule has 14 nitrogen and oxygen atoms in total. The van der Waals surface area contributed by atoms with E-state index < -0.39 is 29.2 Å². The van der Waals surface area contributed by atoms with Crippen LogP contribution in [0, 0.1) is 17.3 Å². The molecule has 5 aromatic rings. The third-order valence-corrected chi connectivity index (χ3v) is 12.2. The molecule has 0 spiro atoms. The molecule has 4 atom stereocenters. The smallest absolute Gasteiger partial charge is 0.408 e. The molecule has 2 saturated heterocycles. The van der Waals surface area contributed by atoms with E-state index in [1.54, 1.807) is 12.0 Å². The van der Waals surface area contributed by atoms with Crippen LogP contribution < -0.4 is 10.1 Å². The highest BCUT2D eigenvalue weighted by molar-refractivity contribution is 6.07. The lowest BCUT2D eigenvalue weighted by atomic mass is 9.70. The van der Waals surface area contributed by atoms with Gasteiger partial charge in [0.05, 0.1) is 42.7 Å². The lowest BCUT2D eigenvalue weighted by Gasteiger charge is -2.45. The number of carbonyl (C=O) groups excluding carboxylic acids is 2. The first-order chi connectivity index (χ1) is 27.2. The zero-order valence-electron chi connectivity index (χ0n) is 33.6. The Morgan fingerprint density at radius 2 is 1.89 bits per heavy atom. The fraction of sp³-hybridized carbons (Fsp3) is 0.465. The quantitative estimate of drug-likeness (QED) is 0.124. The SMILES string of the molecule is COC[C@H]1CN(C(=O)O)[C@](c2nc3c(ccc4cc5c(cc43)OCc3cc(-c4cnc([C@@H]6CCCN6C(=O)[C@@H](NC(=O)OC)C(C)C)[nH]4)ccc3-5)[nH]2)(C(C)(C)C)C1. The Hall–Kier alpha value is -5.63. The van der Waals surface area contributed by atoms with Crippen molar-refractivity contribution < 1.29 is 33.7 Å². The monoisotopic (exact) mass is 777 g/mol. The average Bonchev–Trinajstić information content (AvgIpc) is 4.00. The van der Waals surface area contributed by atoms with Gasteiger partial charge in [-0.15, -0.1) is 0 Å². The van der Waals surface area contributed by atoms with Gasteiger partial charge in [0.25, 0.3) is 0 Å². The first-order valence-corrected chi connectivity index (χ1v) is 19.7. The number of hydrogen-bond donors (Lipinski definition) is 4. The van der Waals surface area contributed by atoms with E-state index in [9.17, 15) is 19.5 Å². The molecule has 0 radical (unpaired) electrons. The van der Waals surface area contributed by atoms with E-state index in [1.165, 1.54) is 7.11 Å². The van der Waals surface area contributed by atoms with Crippen LogP contribution in [-0.4, -0.2) is 92.9 Å².